The maximum absolute atomic E-state index is 12.7. The van der Waals surface area contributed by atoms with Crippen LogP contribution in [0, 0.1) is 11.8 Å². The molecule has 9 heteroatoms. The molecule has 9 nitrogen and oxygen atoms in total. The van der Waals surface area contributed by atoms with E-state index in [1.165, 1.54) is 26.4 Å². The zero-order chi connectivity index (χ0) is 23.3. The molecule has 3 amide bonds. The van der Waals surface area contributed by atoms with Gasteiger partial charge < -0.3 is 26.0 Å². The van der Waals surface area contributed by atoms with Crippen LogP contribution in [0.4, 0.5) is 0 Å². The van der Waals surface area contributed by atoms with E-state index >= 15 is 0 Å². The number of piperidine rings is 1. The Morgan fingerprint density at radius 2 is 1.84 bits per heavy atom. The lowest BCUT2D eigenvalue weighted by molar-refractivity contribution is -0.146. The van der Waals surface area contributed by atoms with Gasteiger partial charge in [-0.3, -0.25) is 14.4 Å². The molecule has 180 valence electrons. The largest absolute Gasteiger partial charge is 0.467 e. The quantitative estimate of drug-likeness (QED) is 0.493. The number of amides is 3. The van der Waals surface area contributed by atoms with Crippen LogP contribution >= 0.6 is 0 Å². The standard InChI is InChI=1S/C23H38N4O5/c1-15(28)27-10-8-23(9-11-27)14-17(20(29)26-23)13-19(22(31)32-2)25-21(30)18(24)12-16-6-4-3-5-7-16/h16-19H,3-14,24H2,1-2H3,(H,25,30)(H,26,29)/t17?,18-,19-/m0/s1. The van der Waals surface area contributed by atoms with Crippen LogP contribution in [0.5, 0.6) is 0 Å². The highest BCUT2D eigenvalue weighted by atomic mass is 16.5. The second kappa shape index (κ2) is 10.6. The van der Waals surface area contributed by atoms with E-state index in [0.29, 0.717) is 44.7 Å². The summed E-state index contributed by atoms with van der Waals surface area (Å²) in [6.45, 7) is 2.77. The van der Waals surface area contributed by atoms with Gasteiger partial charge in [0.1, 0.15) is 6.04 Å². The van der Waals surface area contributed by atoms with E-state index in [2.05, 4.69) is 10.6 Å². The van der Waals surface area contributed by atoms with Crippen LogP contribution in [0.25, 0.3) is 0 Å². The van der Waals surface area contributed by atoms with Gasteiger partial charge in [-0.05, 0) is 38.0 Å². The SMILES string of the molecule is COC(=O)[C@H](CC1CC2(CCN(C(C)=O)CC2)NC1=O)NC(=O)[C@@H](N)CC1CCCCC1. The Kier molecular flexibility index (Phi) is 8.14. The summed E-state index contributed by atoms with van der Waals surface area (Å²) in [5.74, 6) is -0.966. The topological polar surface area (TPSA) is 131 Å². The number of hydrogen-bond donors (Lipinski definition) is 3. The lowest BCUT2D eigenvalue weighted by Crippen LogP contribution is -2.51. The number of methoxy groups -OCH3 is 1. The van der Waals surface area contributed by atoms with Gasteiger partial charge in [0, 0.05) is 31.5 Å². The van der Waals surface area contributed by atoms with Crippen molar-refractivity contribution in [2.24, 2.45) is 17.6 Å². The van der Waals surface area contributed by atoms with Crippen molar-refractivity contribution < 1.29 is 23.9 Å². The molecule has 3 rings (SSSR count). The molecule has 1 saturated carbocycles. The van der Waals surface area contributed by atoms with Crippen molar-refractivity contribution in [3.05, 3.63) is 0 Å². The third kappa shape index (κ3) is 5.99. The summed E-state index contributed by atoms with van der Waals surface area (Å²) in [7, 11) is 1.27. The maximum Gasteiger partial charge on any atom is 0.328 e. The molecule has 2 heterocycles. The van der Waals surface area contributed by atoms with Gasteiger partial charge in [-0.25, -0.2) is 4.79 Å². The molecule has 1 unspecified atom stereocenters. The van der Waals surface area contributed by atoms with Crippen molar-refractivity contribution in [2.45, 2.75) is 88.8 Å². The van der Waals surface area contributed by atoms with E-state index in [4.69, 9.17) is 10.5 Å². The number of carbonyl (C=O) groups is 4. The zero-order valence-corrected chi connectivity index (χ0v) is 19.4. The summed E-state index contributed by atoms with van der Waals surface area (Å²) in [5, 5.41) is 5.85. The summed E-state index contributed by atoms with van der Waals surface area (Å²) >= 11 is 0. The molecule has 0 aromatic heterocycles. The summed E-state index contributed by atoms with van der Waals surface area (Å²) in [6, 6.07) is -1.59. The third-order valence-electron chi connectivity index (χ3n) is 7.53. The van der Waals surface area contributed by atoms with Gasteiger partial charge in [0.25, 0.3) is 0 Å². The highest BCUT2D eigenvalue weighted by molar-refractivity contribution is 5.88. The molecule has 2 aliphatic heterocycles. The van der Waals surface area contributed by atoms with Gasteiger partial charge in [-0.15, -0.1) is 0 Å². The van der Waals surface area contributed by atoms with Crippen molar-refractivity contribution in [1.29, 1.82) is 0 Å². The number of hydrogen-bond acceptors (Lipinski definition) is 6. The first-order valence-electron chi connectivity index (χ1n) is 11.9. The average molecular weight is 451 g/mol. The van der Waals surface area contributed by atoms with E-state index in [0.717, 1.165) is 12.8 Å². The third-order valence-corrected chi connectivity index (χ3v) is 7.53. The first-order chi connectivity index (χ1) is 15.2. The number of nitrogens with one attached hydrogen (secondary N) is 2. The zero-order valence-electron chi connectivity index (χ0n) is 19.4. The summed E-state index contributed by atoms with van der Waals surface area (Å²) < 4.78 is 4.90. The number of esters is 1. The van der Waals surface area contributed by atoms with Crippen molar-refractivity contribution in [2.75, 3.05) is 20.2 Å². The molecule has 3 aliphatic rings. The smallest absolute Gasteiger partial charge is 0.328 e. The molecule has 1 aliphatic carbocycles. The number of nitrogens with zero attached hydrogens (tertiary/aromatic N) is 1. The van der Waals surface area contributed by atoms with Crippen LogP contribution in [-0.2, 0) is 23.9 Å². The molecule has 2 saturated heterocycles. The molecule has 0 bridgehead atoms. The Hall–Kier alpha value is -2.16. The monoisotopic (exact) mass is 450 g/mol. The molecular formula is C23H38N4O5. The lowest BCUT2D eigenvalue weighted by atomic mass is 9.82. The highest BCUT2D eigenvalue weighted by Gasteiger charge is 2.47. The Morgan fingerprint density at radius 3 is 2.44 bits per heavy atom. The maximum atomic E-state index is 12.7. The van der Waals surface area contributed by atoms with Gasteiger partial charge in [-0.2, -0.15) is 0 Å². The molecule has 32 heavy (non-hydrogen) atoms. The first-order valence-corrected chi connectivity index (χ1v) is 11.9. The van der Waals surface area contributed by atoms with Gasteiger partial charge in [0.2, 0.25) is 17.7 Å². The molecular weight excluding hydrogens is 412 g/mol. The number of rotatable bonds is 7. The fourth-order valence-corrected chi connectivity index (χ4v) is 5.56. The van der Waals surface area contributed by atoms with Crippen molar-refractivity contribution in [3.8, 4) is 0 Å². The van der Waals surface area contributed by atoms with Crippen LogP contribution in [0.1, 0.15) is 71.1 Å². The highest BCUT2D eigenvalue weighted by Crippen LogP contribution is 2.36. The summed E-state index contributed by atoms with van der Waals surface area (Å²) in [6.07, 6.45) is 8.51. The van der Waals surface area contributed by atoms with Crippen LogP contribution in [0.3, 0.4) is 0 Å². The first kappa shape index (κ1) is 24.5. The van der Waals surface area contributed by atoms with Gasteiger partial charge in [-0.1, -0.05) is 32.1 Å². The minimum Gasteiger partial charge on any atom is -0.467 e. The molecule has 3 atom stereocenters. The van der Waals surface area contributed by atoms with Crippen LogP contribution in [0.15, 0.2) is 0 Å². The molecule has 0 radical (unpaired) electrons. The Bertz CT molecular complexity index is 713. The molecule has 3 fully saturated rings. The average Bonchev–Trinajstić information content (AvgIpc) is 3.07. The number of ether oxygens (including phenoxy) is 1. The Balaban J connectivity index is 1.57. The minimum absolute atomic E-state index is 0.0405. The van der Waals surface area contributed by atoms with Crippen molar-refractivity contribution in [3.63, 3.8) is 0 Å². The summed E-state index contributed by atoms with van der Waals surface area (Å²) in [4.78, 5) is 51.2. The predicted octanol–water partition coefficient (Wildman–Crippen LogP) is 0.849. The molecule has 0 aromatic carbocycles. The molecule has 4 N–H and O–H groups in total. The van der Waals surface area contributed by atoms with E-state index in [-0.39, 0.29) is 29.7 Å². The van der Waals surface area contributed by atoms with Gasteiger partial charge >= 0.3 is 5.97 Å². The molecule has 1 spiro atoms. The van der Waals surface area contributed by atoms with Gasteiger partial charge in [0.05, 0.1) is 13.2 Å². The second-order valence-electron chi connectivity index (χ2n) is 9.84. The fraction of sp³-hybridized carbons (Fsp3) is 0.826. The van der Waals surface area contributed by atoms with Crippen molar-refractivity contribution in [1.82, 2.24) is 15.5 Å². The van der Waals surface area contributed by atoms with Crippen LogP contribution in [0.2, 0.25) is 0 Å². The Morgan fingerprint density at radius 1 is 1.19 bits per heavy atom. The number of nitrogens with two attached hydrogens (primary N) is 1. The van der Waals surface area contributed by atoms with Crippen LogP contribution in [-0.4, -0.2) is 66.4 Å². The van der Waals surface area contributed by atoms with E-state index in [1.807, 2.05) is 0 Å². The number of likely N-dealkylation sites (tertiary alicyclic amines) is 1. The molecule has 0 aromatic rings. The fourth-order valence-electron chi connectivity index (χ4n) is 5.56. The van der Waals surface area contributed by atoms with Gasteiger partial charge in [0.15, 0.2) is 0 Å². The Labute approximate surface area is 190 Å². The normalized spacial score (nSPS) is 25.2. The predicted molar refractivity (Wildman–Crippen MR) is 118 cm³/mol. The van der Waals surface area contributed by atoms with Crippen LogP contribution < -0.4 is 16.4 Å². The van der Waals surface area contributed by atoms with E-state index in [1.54, 1.807) is 11.8 Å². The lowest BCUT2D eigenvalue weighted by Gasteiger charge is -2.39. The summed E-state index contributed by atoms with van der Waals surface area (Å²) in [5.41, 5.74) is 5.80. The minimum atomic E-state index is -0.909. The second-order valence-corrected chi connectivity index (χ2v) is 9.84. The number of carbonyl (C=O) groups excluding carboxylic acids is 4. The van der Waals surface area contributed by atoms with E-state index in [9.17, 15) is 19.2 Å². The van der Waals surface area contributed by atoms with Crippen molar-refractivity contribution >= 4 is 23.7 Å². The van der Waals surface area contributed by atoms with E-state index < -0.39 is 24.0 Å².